The van der Waals surface area contributed by atoms with E-state index in [1.807, 2.05) is 36.1 Å². The van der Waals surface area contributed by atoms with Crippen LogP contribution in [0.3, 0.4) is 0 Å². The maximum atomic E-state index is 12.5. The number of amidine groups is 1. The van der Waals surface area contributed by atoms with E-state index in [2.05, 4.69) is 5.16 Å². The molecule has 102 valence electrons. The highest BCUT2D eigenvalue weighted by Gasteiger charge is 2.32. The summed E-state index contributed by atoms with van der Waals surface area (Å²) in [6.07, 6.45) is 2.46. The molecule has 0 heterocycles. The number of hydrogen-bond acceptors (Lipinski definition) is 3. The van der Waals surface area contributed by atoms with Crippen LogP contribution in [-0.4, -0.2) is 34.4 Å². The molecule has 0 radical (unpaired) electrons. The third kappa shape index (κ3) is 3.47. The average Bonchev–Trinajstić information content (AvgIpc) is 3.23. The molecule has 5 nitrogen and oxygen atoms in total. The standard InChI is InChI=1S/C14H19N3O2/c1-10-3-2-4-11(9-10)14(18)17(12-5-6-12)8-7-13(15)16-19/h2-4,9,12,19H,5-8H2,1H3,(H2,15,16). The maximum absolute atomic E-state index is 12.5. The first-order valence-electron chi connectivity index (χ1n) is 6.46. The molecular weight excluding hydrogens is 242 g/mol. The number of nitrogens with zero attached hydrogens (tertiary/aromatic N) is 2. The van der Waals surface area contributed by atoms with Crippen molar-refractivity contribution in [2.45, 2.75) is 32.2 Å². The molecule has 5 heteroatoms. The quantitative estimate of drug-likeness (QED) is 0.367. The Morgan fingerprint density at radius 2 is 2.26 bits per heavy atom. The van der Waals surface area contributed by atoms with Crippen LogP contribution in [0.15, 0.2) is 29.4 Å². The molecule has 1 aromatic carbocycles. The van der Waals surface area contributed by atoms with Crippen LogP contribution in [-0.2, 0) is 0 Å². The Kier molecular flexibility index (Phi) is 4.04. The minimum atomic E-state index is 0.0249. The fraction of sp³-hybridized carbons (Fsp3) is 0.429. The number of carbonyl (C=O) groups is 1. The van der Waals surface area contributed by atoms with Gasteiger partial charge in [-0.3, -0.25) is 4.79 Å². The van der Waals surface area contributed by atoms with Gasteiger partial charge in [0, 0.05) is 24.6 Å². The third-order valence-corrected chi connectivity index (χ3v) is 3.25. The second-order valence-corrected chi connectivity index (χ2v) is 4.94. The molecule has 1 saturated carbocycles. The lowest BCUT2D eigenvalue weighted by molar-refractivity contribution is 0.0747. The summed E-state index contributed by atoms with van der Waals surface area (Å²) in [4.78, 5) is 14.3. The first-order chi connectivity index (χ1) is 9.11. The van der Waals surface area contributed by atoms with Crippen LogP contribution in [0.2, 0.25) is 0 Å². The van der Waals surface area contributed by atoms with Gasteiger partial charge < -0.3 is 15.8 Å². The number of oxime groups is 1. The summed E-state index contributed by atoms with van der Waals surface area (Å²) in [5.41, 5.74) is 7.23. The van der Waals surface area contributed by atoms with Gasteiger partial charge in [-0.1, -0.05) is 22.9 Å². The second-order valence-electron chi connectivity index (χ2n) is 4.94. The molecule has 1 aliphatic rings. The molecule has 0 aromatic heterocycles. The van der Waals surface area contributed by atoms with Crippen LogP contribution < -0.4 is 5.73 Å². The Morgan fingerprint density at radius 3 is 2.84 bits per heavy atom. The zero-order valence-electron chi connectivity index (χ0n) is 11.0. The molecule has 0 aliphatic heterocycles. The number of carbonyl (C=O) groups excluding carboxylic acids is 1. The van der Waals surface area contributed by atoms with Crippen LogP contribution >= 0.6 is 0 Å². The van der Waals surface area contributed by atoms with E-state index in [0.29, 0.717) is 24.6 Å². The fourth-order valence-electron chi connectivity index (χ4n) is 2.07. The Labute approximate surface area is 112 Å². The normalized spacial score (nSPS) is 15.3. The van der Waals surface area contributed by atoms with Crippen molar-refractivity contribution in [1.82, 2.24) is 4.90 Å². The average molecular weight is 261 g/mol. The molecule has 1 amide bonds. The minimum Gasteiger partial charge on any atom is -0.409 e. The largest absolute Gasteiger partial charge is 0.409 e. The highest BCUT2D eigenvalue weighted by molar-refractivity contribution is 5.95. The topological polar surface area (TPSA) is 78.9 Å². The highest BCUT2D eigenvalue weighted by atomic mass is 16.4. The van der Waals surface area contributed by atoms with Crippen molar-refractivity contribution < 1.29 is 10.0 Å². The van der Waals surface area contributed by atoms with Gasteiger partial charge in [-0.2, -0.15) is 0 Å². The lowest BCUT2D eigenvalue weighted by Gasteiger charge is -2.22. The molecule has 0 spiro atoms. The van der Waals surface area contributed by atoms with Gasteiger partial charge in [0.05, 0.1) is 0 Å². The van der Waals surface area contributed by atoms with Gasteiger partial charge in [-0.05, 0) is 31.9 Å². The summed E-state index contributed by atoms with van der Waals surface area (Å²) < 4.78 is 0. The van der Waals surface area contributed by atoms with Gasteiger partial charge in [-0.15, -0.1) is 0 Å². The van der Waals surface area contributed by atoms with E-state index in [9.17, 15) is 4.79 Å². The van der Waals surface area contributed by atoms with E-state index in [-0.39, 0.29) is 11.7 Å². The lowest BCUT2D eigenvalue weighted by Crippen LogP contribution is -2.35. The molecule has 2 rings (SSSR count). The Morgan fingerprint density at radius 1 is 1.53 bits per heavy atom. The van der Waals surface area contributed by atoms with Crippen LogP contribution in [0.1, 0.15) is 35.2 Å². The Hall–Kier alpha value is -2.04. The minimum absolute atomic E-state index is 0.0249. The van der Waals surface area contributed by atoms with E-state index in [1.54, 1.807) is 0 Å². The number of amides is 1. The van der Waals surface area contributed by atoms with Crippen molar-refractivity contribution in [3.05, 3.63) is 35.4 Å². The van der Waals surface area contributed by atoms with Crippen molar-refractivity contribution >= 4 is 11.7 Å². The van der Waals surface area contributed by atoms with Gasteiger partial charge in [0.15, 0.2) is 0 Å². The highest BCUT2D eigenvalue weighted by Crippen LogP contribution is 2.28. The summed E-state index contributed by atoms with van der Waals surface area (Å²) >= 11 is 0. The van der Waals surface area contributed by atoms with Crippen molar-refractivity contribution in [3.63, 3.8) is 0 Å². The number of aryl methyl sites for hydroxylation is 1. The number of benzene rings is 1. The Bertz CT molecular complexity index is 495. The molecule has 0 atom stereocenters. The second kappa shape index (κ2) is 5.73. The molecular formula is C14H19N3O2. The predicted octanol–water partition coefficient (Wildman–Crippen LogP) is 1.74. The van der Waals surface area contributed by atoms with Crippen LogP contribution in [0, 0.1) is 6.92 Å². The first-order valence-corrected chi connectivity index (χ1v) is 6.46. The van der Waals surface area contributed by atoms with Crippen molar-refractivity contribution in [2.75, 3.05) is 6.54 Å². The molecule has 1 aliphatic carbocycles. The molecule has 0 bridgehead atoms. The van der Waals surface area contributed by atoms with Gasteiger partial charge in [-0.25, -0.2) is 0 Å². The SMILES string of the molecule is Cc1cccc(C(=O)N(CCC(N)=NO)C2CC2)c1. The van der Waals surface area contributed by atoms with Gasteiger partial charge in [0.2, 0.25) is 0 Å². The van der Waals surface area contributed by atoms with E-state index < -0.39 is 0 Å². The molecule has 3 N–H and O–H groups in total. The molecule has 1 aromatic rings. The smallest absolute Gasteiger partial charge is 0.254 e. The third-order valence-electron chi connectivity index (χ3n) is 3.25. The summed E-state index contributed by atoms with van der Waals surface area (Å²) in [5.74, 6) is 0.180. The monoisotopic (exact) mass is 261 g/mol. The number of hydrogen-bond donors (Lipinski definition) is 2. The van der Waals surface area contributed by atoms with Crippen molar-refractivity contribution in [1.29, 1.82) is 0 Å². The van der Waals surface area contributed by atoms with Gasteiger partial charge in [0.1, 0.15) is 5.84 Å². The van der Waals surface area contributed by atoms with E-state index >= 15 is 0 Å². The van der Waals surface area contributed by atoms with Crippen molar-refractivity contribution in [2.24, 2.45) is 10.9 Å². The van der Waals surface area contributed by atoms with Crippen LogP contribution in [0.25, 0.3) is 0 Å². The van der Waals surface area contributed by atoms with Crippen LogP contribution in [0.5, 0.6) is 0 Å². The molecule has 1 fully saturated rings. The predicted molar refractivity (Wildman–Crippen MR) is 73.3 cm³/mol. The summed E-state index contributed by atoms with van der Waals surface area (Å²) in [7, 11) is 0. The zero-order chi connectivity index (χ0) is 13.8. The number of nitrogens with two attached hydrogens (primary N) is 1. The zero-order valence-corrected chi connectivity index (χ0v) is 11.0. The lowest BCUT2D eigenvalue weighted by atomic mass is 10.1. The van der Waals surface area contributed by atoms with E-state index in [1.165, 1.54) is 0 Å². The molecule has 0 unspecified atom stereocenters. The number of rotatable bonds is 5. The summed E-state index contributed by atoms with van der Waals surface area (Å²) in [5, 5.41) is 11.5. The van der Waals surface area contributed by atoms with E-state index in [4.69, 9.17) is 10.9 Å². The molecule has 19 heavy (non-hydrogen) atoms. The first kappa shape index (κ1) is 13.4. The fourth-order valence-corrected chi connectivity index (χ4v) is 2.07. The Balaban J connectivity index is 2.08. The van der Waals surface area contributed by atoms with Gasteiger partial charge in [0.25, 0.3) is 5.91 Å². The van der Waals surface area contributed by atoms with Gasteiger partial charge >= 0.3 is 0 Å². The van der Waals surface area contributed by atoms with Crippen molar-refractivity contribution in [3.8, 4) is 0 Å². The summed E-state index contributed by atoms with van der Waals surface area (Å²) in [6.45, 7) is 2.46. The molecule has 0 saturated heterocycles. The maximum Gasteiger partial charge on any atom is 0.254 e. The van der Waals surface area contributed by atoms with E-state index in [0.717, 1.165) is 18.4 Å². The summed E-state index contributed by atoms with van der Waals surface area (Å²) in [6, 6.07) is 7.88. The van der Waals surface area contributed by atoms with Crippen LogP contribution in [0.4, 0.5) is 0 Å².